The third kappa shape index (κ3) is 2.90. The van der Waals surface area contributed by atoms with E-state index in [0.717, 1.165) is 12.1 Å². The van der Waals surface area contributed by atoms with Crippen LogP contribution in [0.4, 0.5) is 8.78 Å². The highest BCUT2D eigenvalue weighted by atomic mass is 35.5. The van der Waals surface area contributed by atoms with Gasteiger partial charge in [-0.15, -0.1) is 0 Å². The van der Waals surface area contributed by atoms with Crippen molar-refractivity contribution in [1.29, 1.82) is 0 Å². The maximum absolute atomic E-state index is 13.7. The minimum atomic E-state index is -0.724. The molecule has 0 atom stereocenters. The minimum Gasteiger partial charge on any atom is -0.465 e. The van der Waals surface area contributed by atoms with Crippen LogP contribution in [0.3, 0.4) is 0 Å². The van der Waals surface area contributed by atoms with E-state index in [9.17, 15) is 13.6 Å². The van der Waals surface area contributed by atoms with E-state index < -0.39 is 17.6 Å². The van der Waals surface area contributed by atoms with Crippen molar-refractivity contribution in [1.82, 2.24) is 0 Å². The van der Waals surface area contributed by atoms with Crippen LogP contribution < -0.4 is 0 Å². The van der Waals surface area contributed by atoms with Gasteiger partial charge in [0.25, 0.3) is 0 Å². The Kier molecular flexibility index (Phi) is 3.81. The van der Waals surface area contributed by atoms with Gasteiger partial charge in [-0.2, -0.15) is 0 Å². The van der Waals surface area contributed by atoms with Crippen LogP contribution in [0.15, 0.2) is 36.4 Å². The lowest BCUT2D eigenvalue weighted by Gasteiger charge is -2.07. The molecule has 0 bridgehead atoms. The number of methoxy groups -OCH3 is 1. The summed E-state index contributed by atoms with van der Waals surface area (Å²) >= 11 is 5.88. The molecule has 0 radical (unpaired) electrons. The molecule has 0 fully saturated rings. The number of carbonyl (C=O) groups is 1. The summed E-state index contributed by atoms with van der Waals surface area (Å²) in [5.41, 5.74) is 0.744. The lowest BCUT2D eigenvalue weighted by molar-refractivity contribution is 0.0601. The summed E-state index contributed by atoms with van der Waals surface area (Å²) in [4.78, 5) is 11.5. The number of hydrogen-bond donors (Lipinski definition) is 0. The summed E-state index contributed by atoms with van der Waals surface area (Å²) in [5.74, 6) is -1.97. The summed E-state index contributed by atoms with van der Waals surface area (Å²) in [6.45, 7) is 0. The van der Waals surface area contributed by atoms with Crippen molar-refractivity contribution in [3.8, 4) is 11.1 Å². The van der Waals surface area contributed by atoms with E-state index in [0.29, 0.717) is 5.56 Å². The summed E-state index contributed by atoms with van der Waals surface area (Å²) in [6, 6.07) is 7.54. The monoisotopic (exact) mass is 282 g/mol. The molecule has 2 aromatic carbocycles. The van der Waals surface area contributed by atoms with Gasteiger partial charge < -0.3 is 4.74 Å². The van der Waals surface area contributed by atoms with Gasteiger partial charge in [0.15, 0.2) is 0 Å². The Balaban J connectivity index is 2.56. The maximum Gasteiger partial charge on any atom is 0.337 e. The minimum absolute atomic E-state index is 0.161. The Morgan fingerprint density at radius 1 is 1.16 bits per heavy atom. The molecule has 2 rings (SSSR count). The van der Waals surface area contributed by atoms with Crippen molar-refractivity contribution in [2.24, 2.45) is 0 Å². The Hall–Kier alpha value is -1.94. The maximum atomic E-state index is 13.7. The molecule has 98 valence electrons. The van der Waals surface area contributed by atoms with E-state index in [4.69, 9.17) is 11.6 Å². The topological polar surface area (TPSA) is 26.3 Å². The Labute approximate surface area is 113 Å². The normalized spacial score (nSPS) is 10.3. The smallest absolute Gasteiger partial charge is 0.337 e. The van der Waals surface area contributed by atoms with Gasteiger partial charge in [0.1, 0.15) is 11.6 Å². The predicted octanol–water partition coefficient (Wildman–Crippen LogP) is 4.07. The fourth-order valence-electron chi connectivity index (χ4n) is 1.70. The van der Waals surface area contributed by atoms with Crippen LogP contribution in [-0.2, 0) is 4.74 Å². The first-order valence-electron chi connectivity index (χ1n) is 5.35. The van der Waals surface area contributed by atoms with E-state index in [1.54, 1.807) is 0 Å². The number of halogens is 3. The Bertz CT molecular complexity index is 641. The average molecular weight is 283 g/mol. The van der Waals surface area contributed by atoms with Gasteiger partial charge in [-0.1, -0.05) is 11.6 Å². The lowest BCUT2D eigenvalue weighted by Crippen LogP contribution is -2.01. The van der Waals surface area contributed by atoms with Gasteiger partial charge in [-0.25, -0.2) is 13.6 Å². The predicted molar refractivity (Wildman–Crippen MR) is 68.1 cm³/mol. The molecule has 0 saturated carbocycles. The molecular formula is C14H9ClF2O2. The molecule has 0 amide bonds. The van der Waals surface area contributed by atoms with Crippen molar-refractivity contribution >= 4 is 17.6 Å². The third-order valence-corrected chi connectivity index (χ3v) is 2.78. The van der Waals surface area contributed by atoms with Crippen LogP contribution in [0.1, 0.15) is 10.4 Å². The van der Waals surface area contributed by atoms with Crippen LogP contribution in [0, 0.1) is 11.6 Å². The third-order valence-electron chi connectivity index (χ3n) is 2.56. The van der Waals surface area contributed by atoms with Crippen LogP contribution >= 0.6 is 11.6 Å². The van der Waals surface area contributed by atoms with Crippen molar-refractivity contribution in [3.05, 3.63) is 58.6 Å². The second-order valence-corrected chi connectivity index (χ2v) is 4.28. The molecule has 0 unspecified atom stereocenters. The second-order valence-electron chi connectivity index (χ2n) is 3.84. The zero-order valence-corrected chi connectivity index (χ0v) is 10.7. The molecule has 0 spiro atoms. The number of ether oxygens (including phenoxy) is 1. The average Bonchev–Trinajstić information content (AvgIpc) is 2.37. The largest absolute Gasteiger partial charge is 0.465 e. The highest BCUT2D eigenvalue weighted by molar-refractivity contribution is 6.31. The van der Waals surface area contributed by atoms with Crippen LogP contribution in [0.25, 0.3) is 11.1 Å². The van der Waals surface area contributed by atoms with E-state index in [1.807, 2.05) is 0 Å². The van der Waals surface area contributed by atoms with E-state index >= 15 is 0 Å². The van der Waals surface area contributed by atoms with E-state index in [-0.39, 0.29) is 16.1 Å². The molecule has 5 heteroatoms. The molecule has 0 saturated heterocycles. The molecule has 2 nitrogen and oxygen atoms in total. The first-order valence-corrected chi connectivity index (χ1v) is 5.73. The van der Waals surface area contributed by atoms with Crippen molar-refractivity contribution in [2.75, 3.05) is 7.11 Å². The Morgan fingerprint density at radius 3 is 2.53 bits per heavy atom. The quantitative estimate of drug-likeness (QED) is 0.776. The lowest BCUT2D eigenvalue weighted by atomic mass is 10.0. The SMILES string of the molecule is COC(=O)c1cc(Cl)cc(-c2ccc(F)cc2F)c1. The molecule has 0 N–H and O–H groups in total. The molecule has 0 heterocycles. The van der Waals surface area contributed by atoms with Gasteiger partial charge in [-0.05, 0) is 35.9 Å². The van der Waals surface area contributed by atoms with E-state index in [2.05, 4.69) is 4.74 Å². The molecule has 0 aliphatic carbocycles. The fourth-order valence-corrected chi connectivity index (χ4v) is 1.94. The van der Waals surface area contributed by atoms with Gasteiger partial charge >= 0.3 is 5.97 Å². The van der Waals surface area contributed by atoms with Crippen LogP contribution in [0.5, 0.6) is 0 Å². The second kappa shape index (κ2) is 5.36. The van der Waals surface area contributed by atoms with Crippen molar-refractivity contribution < 1.29 is 18.3 Å². The number of esters is 1. The first-order chi connectivity index (χ1) is 9.01. The molecule has 0 aliphatic heterocycles. The van der Waals surface area contributed by atoms with Gasteiger partial charge in [0.2, 0.25) is 0 Å². The summed E-state index contributed by atoms with van der Waals surface area (Å²) in [7, 11) is 1.24. The summed E-state index contributed by atoms with van der Waals surface area (Å²) < 4.78 is 31.1. The molecule has 0 aromatic heterocycles. The van der Waals surface area contributed by atoms with Crippen molar-refractivity contribution in [2.45, 2.75) is 0 Å². The number of benzene rings is 2. The van der Waals surface area contributed by atoms with Crippen LogP contribution in [0.2, 0.25) is 5.02 Å². The zero-order valence-electron chi connectivity index (χ0n) is 9.91. The number of hydrogen-bond acceptors (Lipinski definition) is 2. The number of carbonyl (C=O) groups excluding carboxylic acids is 1. The fraction of sp³-hybridized carbons (Fsp3) is 0.0714. The highest BCUT2D eigenvalue weighted by Gasteiger charge is 2.12. The highest BCUT2D eigenvalue weighted by Crippen LogP contribution is 2.27. The van der Waals surface area contributed by atoms with Gasteiger partial charge in [0, 0.05) is 16.7 Å². The van der Waals surface area contributed by atoms with Gasteiger partial charge in [0.05, 0.1) is 12.7 Å². The van der Waals surface area contributed by atoms with Gasteiger partial charge in [-0.3, -0.25) is 0 Å². The standard InChI is InChI=1S/C14H9ClF2O2/c1-19-14(18)9-4-8(5-10(15)6-9)12-3-2-11(16)7-13(12)17/h2-7H,1H3. The van der Waals surface area contributed by atoms with Crippen LogP contribution in [-0.4, -0.2) is 13.1 Å². The first kappa shape index (κ1) is 13.5. The summed E-state index contributed by atoms with van der Waals surface area (Å²) in [6.07, 6.45) is 0. The zero-order chi connectivity index (χ0) is 14.0. The Morgan fingerprint density at radius 2 is 1.89 bits per heavy atom. The molecule has 2 aromatic rings. The van der Waals surface area contributed by atoms with Crippen molar-refractivity contribution in [3.63, 3.8) is 0 Å². The number of rotatable bonds is 2. The summed E-state index contributed by atoms with van der Waals surface area (Å²) in [5, 5.41) is 0.265. The molecular weight excluding hydrogens is 274 g/mol. The molecule has 0 aliphatic rings. The van der Waals surface area contributed by atoms with E-state index in [1.165, 1.54) is 31.4 Å². The molecule has 19 heavy (non-hydrogen) atoms.